The van der Waals surface area contributed by atoms with Gasteiger partial charge in [0.25, 0.3) is 0 Å². The monoisotopic (exact) mass is 322 g/mol. The topological polar surface area (TPSA) is 74.6 Å². The highest BCUT2D eigenvalue weighted by atomic mass is 16.3. The van der Waals surface area contributed by atoms with Crippen LogP contribution in [-0.4, -0.2) is 21.8 Å². The van der Waals surface area contributed by atoms with E-state index in [4.69, 9.17) is 0 Å². The molecule has 0 bridgehead atoms. The Morgan fingerprint density at radius 1 is 0.667 bits per heavy atom. The predicted molar refractivity (Wildman–Crippen MR) is 87.7 cm³/mol. The molecule has 0 saturated heterocycles. The summed E-state index contributed by atoms with van der Waals surface area (Å²) >= 11 is 0. The molecule has 4 rings (SSSR count). The summed E-state index contributed by atoms with van der Waals surface area (Å²) < 4.78 is 0. The van der Waals surface area contributed by atoms with Gasteiger partial charge in [-0.05, 0) is 24.0 Å². The number of rotatable bonds is 1. The summed E-state index contributed by atoms with van der Waals surface area (Å²) in [4.78, 5) is 25.8. The van der Waals surface area contributed by atoms with Crippen molar-refractivity contribution in [1.29, 1.82) is 0 Å². The van der Waals surface area contributed by atoms with Gasteiger partial charge in [-0.1, -0.05) is 48.5 Å². The van der Waals surface area contributed by atoms with E-state index >= 15 is 0 Å². The molecule has 0 unspecified atom stereocenters. The molecule has 24 heavy (non-hydrogen) atoms. The third-order valence-electron chi connectivity index (χ3n) is 5.28. The van der Waals surface area contributed by atoms with Gasteiger partial charge in [0.1, 0.15) is 0 Å². The Morgan fingerprint density at radius 3 is 1.46 bits per heavy atom. The summed E-state index contributed by atoms with van der Waals surface area (Å²) in [5.74, 6) is -1.41. The number of aliphatic hydroxyl groups excluding tert-OH is 2. The fourth-order valence-corrected chi connectivity index (χ4v) is 4.07. The van der Waals surface area contributed by atoms with Crippen molar-refractivity contribution in [2.24, 2.45) is 11.8 Å². The van der Waals surface area contributed by atoms with Crippen LogP contribution in [0.4, 0.5) is 0 Å². The molecule has 122 valence electrons. The molecule has 0 aliphatic heterocycles. The van der Waals surface area contributed by atoms with Gasteiger partial charge in [-0.25, -0.2) is 0 Å². The summed E-state index contributed by atoms with van der Waals surface area (Å²) in [6.45, 7) is 0. The molecule has 0 radical (unpaired) electrons. The first-order valence-electron chi connectivity index (χ1n) is 8.20. The summed E-state index contributed by atoms with van der Waals surface area (Å²) in [6.07, 6.45) is -1.07. The van der Waals surface area contributed by atoms with Crippen molar-refractivity contribution in [3.8, 4) is 0 Å². The highest BCUT2D eigenvalue weighted by Crippen LogP contribution is 2.43. The smallest absolute Gasteiger partial charge is 0.167 e. The van der Waals surface area contributed by atoms with Gasteiger partial charge >= 0.3 is 0 Å². The highest BCUT2D eigenvalue weighted by molar-refractivity contribution is 6.07. The lowest BCUT2D eigenvalue weighted by Gasteiger charge is -2.36. The number of hydrogen-bond acceptors (Lipinski definition) is 4. The van der Waals surface area contributed by atoms with Crippen LogP contribution < -0.4 is 0 Å². The van der Waals surface area contributed by atoms with Crippen LogP contribution in [0.3, 0.4) is 0 Å². The maximum absolute atomic E-state index is 12.9. The molecule has 2 N–H and O–H groups in total. The van der Waals surface area contributed by atoms with Crippen molar-refractivity contribution in [3.63, 3.8) is 0 Å². The minimum absolute atomic E-state index is 0.110. The van der Waals surface area contributed by atoms with Crippen molar-refractivity contribution < 1.29 is 19.8 Å². The molecule has 2 aromatic carbocycles. The van der Waals surface area contributed by atoms with Crippen molar-refractivity contribution in [2.75, 3.05) is 0 Å². The number of carbonyl (C=O) groups is 2. The van der Waals surface area contributed by atoms with E-state index in [0.717, 1.165) is 0 Å². The molecule has 4 heteroatoms. The Kier molecular flexibility index (Phi) is 3.59. The zero-order valence-electron chi connectivity index (χ0n) is 13.1. The molecule has 0 aromatic heterocycles. The molecule has 2 aromatic rings. The second-order valence-corrected chi connectivity index (χ2v) is 6.62. The van der Waals surface area contributed by atoms with Gasteiger partial charge in [-0.15, -0.1) is 0 Å². The molecule has 0 heterocycles. The van der Waals surface area contributed by atoms with E-state index in [-0.39, 0.29) is 24.4 Å². The molecule has 2 aliphatic carbocycles. The van der Waals surface area contributed by atoms with Crippen LogP contribution >= 0.6 is 0 Å². The Labute approximate surface area is 139 Å². The third kappa shape index (κ3) is 2.22. The maximum atomic E-state index is 12.9. The van der Waals surface area contributed by atoms with Crippen LogP contribution in [0.1, 0.15) is 56.9 Å². The standard InChI is InChI=1S/C20H18O4/c21-17-9-15(19(23)13-7-3-1-5-11(13)17)16-10-18(22)12-6-2-4-8-14(12)20(16)24/h1-8,15-18,21-22H,9-10H2/t15-,16+,17-,18-/m1/s1. The second kappa shape index (κ2) is 5.65. The predicted octanol–water partition coefficient (Wildman–Crippen LogP) is 2.86. The summed E-state index contributed by atoms with van der Waals surface area (Å²) in [5, 5.41) is 20.8. The Hall–Kier alpha value is -2.30. The summed E-state index contributed by atoms with van der Waals surface area (Å²) in [6, 6.07) is 14.0. The number of ketones is 2. The molecule has 4 atom stereocenters. The lowest BCUT2D eigenvalue weighted by atomic mass is 9.68. The summed E-state index contributed by atoms with van der Waals surface area (Å²) in [5.41, 5.74) is 2.23. The van der Waals surface area contributed by atoms with E-state index in [1.165, 1.54) is 0 Å². The maximum Gasteiger partial charge on any atom is 0.167 e. The minimum Gasteiger partial charge on any atom is -0.388 e. The van der Waals surface area contributed by atoms with E-state index in [1.807, 2.05) is 0 Å². The zero-order chi connectivity index (χ0) is 16.8. The van der Waals surface area contributed by atoms with Gasteiger partial charge in [0.15, 0.2) is 11.6 Å². The number of fused-ring (bicyclic) bond motifs is 2. The summed E-state index contributed by atoms with van der Waals surface area (Å²) in [7, 11) is 0. The third-order valence-corrected chi connectivity index (χ3v) is 5.28. The molecule has 0 amide bonds. The zero-order valence-corrected chi connectivity index (χ0v) is 13.1. The highest BCUT2D eigenvalue weighted by Gasteiger charge is 2.44. The van der Waals surface area contributed by atoms with Gasteiger partial charge in [-0.3, -0.25) is 9.59 Å². The van der Waals surface area contributed by atoms with Crippen molar-refractivity contribution in [2.45, 2.75) is 25.0 Å². The van der Waals surface area contributed by atoms with E-state index in [2.05, 4.69) is 0 Å². The van der Waals surface area contributed by atoms with Crippen LogP contribution in [0.5, 0.6) is 0 Å². The molecule has 0 fully saturated rings. The molecule has 0 saturated carbocycles. The lowest BCUT2D eigenvalue weighted by molar-refractivity contribution is 0.0477. The molecule has 0 spiro atoms. The number of benzene rings is 2. The molecular formula is C20H18O4. The first kappa shape index (κ1) is 15.2. The van der Waals surface area contributed by atoms with E-state index in [9.17, 15) is 19.8 Å². The number of carbonyl (C=O) groups excluding carboxylic acids is 2. The first-order chi connectivity index (χ1) is 11.6. The SMILES string of the molecule is O=C1c2ccccc2[C@H](O)C[C@H]1[C@H]1C[C@@H](O)c2ccccc2C1=O. The van der Waals surface area contributed by atoms with Crippen LogP contribution in [-0.2, 0) is 0 Å². The average molecular weight is 322 g/mol. The van der Waals surface area contributed by atoms with Gasteiger partial charge in [0.2, 0.25) is 0 Å². The van der Waals surface area contributed by atoms with Crippen LogP contribution in [0, 0.1) is 11.8 Å². The molecule has 2 aliphatic rings. The van der Waals surface area contributed by atoms with E-state index in [1.54, 1.807) is 48.5 Å². The van der Waals surface area contributed by atoms with Crippen molar-refractivity contribution in [3.05, 3.63) is 70.8 Å². The van der Waals surface area contributed by atoms with Gasteiger partial charge in [0.05, 0.1) is 12.2 Å². The van der Waals surface area contributed by atoms with Gasteiger partial charge < -0.3 is 10.2 Å². The van der Waals surface area contributed by atoms with Crippen LogP contribution in [0.2, 0.25) is 0 Å². The van der Waals surface area contributed by atoms with Crippen LogP contribution in [0.15, 0.2) is 48.5 Å². The van der Waals surface area contributed by atoms with Gasteiger partial charge in [0, 0.05) is 23.0 Å². The minimum atomic E-state index is -0.758. The molecular weight excluding hydrogens is 304 g/mol. The quantitative estimate of drug-likeness (QED) is 0.846. The average Bonchev–Trinajstić information content (AvgIpc) is 2.61. The Morgan fingerprint density at radius 2 is 1.04 bits per heavy atom. The first-order valence-corrected chi connectivity index (χ1v) is 8.20. The lowest BCUT2D eigenvalue weighted by Crippen LogP contribution is -2.38. The Balaban J connectivity index is 1.73. The second-order valence-electron chi connectivity index (χ2n) is 6.62. The fourth-order valence-electron chi connectivity index (χ4n) is 4.07. The van der Waals surface area contributed by atoms with Gasteiger partial charge in [-0.2, -0.15) is 0 Å². The largest absolute Gasteiger partial charge is 0.388 e. The normalized spacial score (nSPS) is 29.1. The van der Waals surface area contributed by atoms with E-state index in [0.29, 0.717) is 22.3 Å². The van der Waals surface area contributed by atoms with Crippen molar-refractivity contribution in [1.82, 2.24) is 0 Å². The van der Waals surface area contributed by atoms with Crippen molar-refractivity contribution >= 4 is 11.6 Å². The number of aliphatic hydroxyl groups is 2. The fraction of sp³-hybridized carbons (Fsp3) is 0.300. The number of hydrogen-bond donors (Lipinski definition) is 2. The molecule has 4 nitrogen and oxygen atoms in total. The van der Waals surface area contributed by atoms with E-state index < -0.39 is 24.0 Å². The Bertz CT molecular complexity index is 756. The number of Topliss-reactive ketones (excluding diaryl/α,β-unsaturated/α-hetero) is 2. The van der Waals surface area contributed by atoms with Crippen LogP contribution in [0.25, 0.3) is 0 Å².